The lowest BCUT2D eigenvalue weighted by Crippen LogP contribution is -2.43. The number of nitrogens with zero attached hydrogens (tertiary/aromatic N) is 2. The van der Waals surface area contributed by atoms with Gasteiger partial charge in [-0.2, -0.15) is 13.2 Å². The van der Waals surface area contributed by atoms with Crippen LogP contribution in [0.4, 0.5) is 18.9 Å². The minimum Gasteiger partial charge on any atom is -0.493 e. The van der Waals surface area contributed by atoms with E-state index in [1.165, 1.54) is 19.2 Å². The maximum atomic E-state index is 13.1. The molecule has 2 aromatic carbocycles. The molecule has 7 nitrogen and oxygen atoms in total. The van der Waals surface area contributed by atoms with Crippen molar-refractivity contribution in [3.63, 3.8) is 0 Å². The van der Waals surface area contributed by atoms with E-state index in [9.17, 15) is 22.8 Å². The molecule has 0 saturated carbocycles. The lowest BCUT2D eigenvalue weighted by Gasteiger charge is -2.26. The summed E-state index contributed by atoms with van der Waals surface area (Å²) >= 11 is 6.26. The number of halogens is 3. The van der Waals surface area contributed by atoms with Gasteiger partial charge in [-0.05, 0) is 42.0 Å². The molecule has 0 atom stereocenters. The predicted molar refractivity (Wildman–Crippen MR) is 133 cm³/mol. The standard InChI is InChI=1S/C24H21F3N2O5S2/c1-32-19-11-15(5-6-18(19)34-14-21(30)28-7-9-33-10-8-28)12-20-22(31)29(23(35)36-20)17-4-2-3-16(13-17)24(25,26)27/h2-6,11-13H,7-10,14H2,1H3/b20-12+. The van der Waals surface area contributed by atoms with E-state index in [0.717, 1.165) is 28.8 Å². The van der Waals surface area contributed by atoms with Crippen LogP contribution < -0.4 is 14.4 Å². The molecule has 0 unspecified atom stereocenters. The number of hydrogen-bond acceptors (Lipinski definition) is 7. The number of carbonyl (C=O) groups is 2. The molecule has 2 fully saturated rings. The first-order valence-corrected chi connectivity index (χ1v) is 12.0. The zero-order chi connectivity index (χ0) is 25.9. The molecule has 2 heterocycles. The topological polar surface area (TPSA) is 68.3 Å². The molecular weight excluding hydrogens is 517 g/mol. The van der Waals surface area contributed by atoms with Crippen molar-refractivity contribution in [2.45, 2.75) is 6.18 Å². The highest BCUT2D eigenvalue weighted by Crippen LogP contribution is 2.39. The van der Waals surface area contributed by atoms with Crippen LogP contribution in [0.1, 0.15) is 11.1 Å². The minimum absolute atomic E-state index is 0.0435. The SMILES string of the molecule is COc1cc(/C=C2/SC(=S)N(c3cccc(C(F)(F)F)c3)C2=O)ccc1OCC(=O)N1CCOCC1. The van der Waals surface area contributed by atoms with E-state index in [2.05, 4.69) is 0 Å². The molecule has 2 aromatic rings. The van der Waals surface area contributed by atoms with Crippen LogP contribution >= 0.6 is 24.0 Å². The molecular formula is C24H21F3N2O5S2. The van der Waals surface area contributed by atoms with Gasteiger partial charge in [-0.25, -0.2) is 0 Å². The largest absolute Gasteiger partial charge is 0.493 e. The number of rotatable bonds is 6. The number of hydrogen-bond donors (Lipinski definition) is 0. The fourth-order valence-electron chi connectivity index (χ4n) is 3.60. The van der Waals surface area contributed by atoms with Gasteiger partial charge in [-0.15, -0.1) is 0 Å². The van der Waals surface area contributed by atoms with Crippen LogP contribution in [0.2, 0.25) is 0 Å². The summed E-state index contributed by atoms with van der Waals surface area (Å²) in [5.41, 5.74) is -0.240. The smallest absolute Gasteiger partial charge is 0.416 e. The van der Waals surface area contributed by atoms with Crippen molar-refractivity contribution in [1.29, 1.82) is 0 Å². The van der Waals surface area contributed by atoms with Crippen LogP contribution in [0.15, 0.2) is 47.4 Å². The van der Waals surface area contributed by atoms with Gasteiger partial charge >= 0.3 is 6.18 Å². The Morgan fingerprint density at radius 3 is 2.61 bits per heavy atom. The first-order valence-electron chi connectivity index (χ1n) is 10.8. The highest BCUT2D eigenvalue weighted by atomic mass is 32.2. The van der Waals surface area contributed by atoms with Crippen LogP contribution in [0.25, 0.3) is 6.08 Å². The summed E-state index contributed by atoms with van der Waals surface area (Å²) in [4.78, 5) is 28.3. The number of thioether (sulfide) groups is 1. The second kappa shape index (κ2) is 10.9. The summed E-state index contributed by atoms with van der Waals surface area (Å²) in [5, 5.41) is 0. The van der Waals surface area contributed by atoms with Crippen molar-refractivity contribution in [3.8, 4) is 11.5 Å². The summed E-state index contributed by atoms with van der Waals surface area (Å²) in [6, 6.07) is 9.37. The molecule has 190 valence electrons. The van der Waals surface area contributed by atoms with Gasteiger partial charge in [0, 0.05) is 13.1 Å². The maximum Gasteiger partial charge on any atom is 0.416 e. The van der Waals surface area contributed by atoms with Crippen LogP contribution in [0.5, 0.6) is 11.5 Å². The van der Waals surface area contributed by atoms with Crippen LogP contribution in [0, 0.1) is 0 Å². The zero-order valence-electron chi connectivity index (χ0n) is 19.0. The van der Waals surface area contributed by atoms with Crippen LogP contribution in [-0.4, -0.2) is 61.1 Å². The number of benzene rings is 2. The van der Waals surface area contributed by atoms with Gasteiger partial charge in [0.05, 0.1) is 36.5 Å². The van der Waals surface area contributed by atoms with Crippen molar-refractivity contribution < 1.29 is 37.0 Å². The number of anilines is 1. The van der Waals surface area contributed by atoms with Gasteiger partial charge in [0.15, 0.2) is 22.4 Å². The van der Waals surface area contributed by atoms with Crippen molar-refractivity contribution >= 4 is 51.9 Å². The number of amides is 2. The molecule has 0 bridgehead atoms. The van der Waals surface area contributed by atoms with Gasteiger partial charge in [0.25, 0.3) is 11.8 Å². The summed E-state index contributed by atoms with van der Waals surface area (Å²) in [7, 11) is 1.45. The first-order chi connectivity index (χ1) is 17.2. The van der Waals surface area contributed by atoms with E-state index < -0.39 is 17.6 Å². The molecule has 2 aliphatic rings. The number of alkyl halides is 3. The van der Waals surface area contributed by atoms with E-state index in [1.807, 2.05) is 0 Å². The highest BCUT2D eigenvalue weighted by molar-refractivity contribution is 8.27. The van der Waals surface area contributed by atoms with E-state index in [-0.39, 0.29) is 27.4 Å². The lowest BCUT2D eigenvalue weighted by molar-refractivity contribution is -0.138. The number of thiocarbonyl (C=S) groups is 1. The number of methoxy groups -OCH3 is 1. The molecule has 0 aliphatic carbocycles. The Balaban J connectivity index is 1.49. The van der Waals surface area contributed by atoms with Gasteiger partial charge in [-0.3, -0.25) is 14.5 Å². The fraction of sp³-hybridized carbons (Fsp3) is 0.292. The van der Waals surface area contributed by atoms with Crippen molar-refractivity contribution in [2.24, 2.45) is 0 Å². The maximum absolute atomic E-state index is 13.1. The Hall–Kier alpha value is -3.09. The zero-order valence-corrected chi connectivity index (χ0v) is 20.7. The fourth-order valence-corrected chi connectivity index (χ4v) is 4.90. The van der Waals surface area contributed by atoms with E-state index in [0.29, 0.717) is 43.4 Å². The van der Waals surface area contributed by atoms with Gasteiger partial charge in [0.2, 0.25) is 0 Å². The highest BCUT2D eigenvalue weighted by Gasteiger charge is 2.36. The average molecular weight is 539 g/mol. The van der Waals surface area contributed by atoms with Gasteiger partial charge in [0.1, 0.15) is 0 Å². The quantitative estimate of drug-likeness (QED) is 0.400. The second-order valence-corrected chi connectivity index (χ2v) is 9.43. The van der Waals surface area contributed by atoms with Gasteiger partial charge < -0.3 is 19.1 Å². The predicted octanol–water partition coefficient (Wildman–Crippen LogP) is 4.36. The molecule has 0 spiro atoms. The normalized spacial score (nSPS) is 17.6. The third-order valence-corrected chi connectivity index (χ3v) is 6.73. The Bertz CT molecular complexity index is 1210. The molecule has 4 rings (SSSR count). The molecule has 0 aromatic heterocycles. The summed E-state index contributed by atoms with van der Waals surface area (Å²) < 4.78 is 55.7. The van der Waals surface area contributed by atoms with Crippen molar-refractivity contribution in [1.82, 2.24) is 4.90 Å². The summed E-state index contributed by atoms with van der Waals surface area (Å²) in [6.07, 6.45) is -2.97. The van der Waals surface area contributed by atoms with Crippen LogP contribution in [0.3, 0.4) is 0 Å². The lowest BCUT2D eigenvalue weighted by atomic mass is 10.1. The number of ether oxygens (including phenoxy) is 3. The van der Waals surface area contributed by atoms with Crippen LogP contribution in [-0.2, 0) is 20.5 Å². The number of morpholine rings is 1. The third kappa shape index (κ3) is 5.82. The Kier molecular flexibility index (Phi) is 7.86. The second-order valence-electron chi connectivity index (χ2n) is 7.76. The number of carbonyl (C=O) groups excluding carboxylic acids is 2. The molecule has 36 heavy (non-hydrogen) atoms. The Morgan fingerprint density at radius 1 is 1.17 bits per heavy atom. The third-order valence-electron chi connectivity index (χ3n) is 5.43. The molecule has 2 aliphatic heterocycles. The molecule has 12 heteroatoms. The minimum atomic E-state index is -4.54. The molecule has 2 amide bonds. The van der Waals surface area contributed by atoms with E-state index >= 15 is 0 Å². The van der Waals surface area contributed by atoms with Crippen molar-refractivity contribution in [2.75, 3.05) is 44.9 Å². The van der Waals surface area contributed by atoms with E-state index in [1.54, 1.807) is 29.2 Å². The average Bonchev–Trinajstić information content (AvgIpc) is 3.15. The monoisotopic (exact) mass is 538 g/mol. The molecule has 0 radical (unpaired) electrons. The van der Waals surface area contributed by atoms with Crippen molar-refractivity contribution in [3.05, 3.63) is 58.5 Å². The summed E-state index contributed by atoms with van der Waals surface area (Å²) in [5.74, 6) is 0.0158. The molecule has 2 saturated heterocycles. The first kappa shape index (κ1) is 26.0. The summed E-state index contributed by atoms with van der Waals surface area (Å²) in [6.45, 7) is 1.84. The molecule has 0 N–H and O–H groups in total. The van der Waals surface area contributed by atoms with Gasteiger partial charge in [-0.1, -0.05) is 36.1 Å². The Morgan fingerprint density at radius 2 is 1.92 bits per heavy atom. The Labute approximate surface area is 214 Å². The van der Waals surface area contributed by atoms with E-state index in [4.69, 9.17) is 26.4 Å².